The minimum Gasteiger partial charge on any atom is -0.493 e. The van der Waals surface area contributed by atoms with Gasteiger partial charge in [-0.2, -0.15) is 5.10 Å². The van der Waals surface area contributed by atoms with Crippen LogP contribution in [-0.4, -0.2) is 80.6 Å². The van der Waals surface area contributed by atoms with E-state index in [1.807, 2.05) is 25.1 Å². The molecule has 0 saturated carbocycles. The fourth-order valence-corrected chi connectivity index (χ4v) is 5.72. The van der Waals surface area contributed by atoms with E-state index in [2.05, 4.69) is 31.5 Å². The molecule has 3 heterocycles. The molecule has 0 atom stereocenters. The van der Waals surface area contributed by atoms with Gasteiger partial charge < -0.3 is 24.6 Å². The van der Waals surface area contributed by atoms with Gasteiger partial charge in [-0.3, -0.25) is 14.3 Å². The molecule has 4 rings (SSSR count). The van der Waals surface area contributed by atoms with Crippen LogP contribution in [0, 0.1) is 10.1 Å². The number of nitrogens with one attached hydrogen (secondary N) is 2. The molecule has 1 aliphatic rings. The van der Waals surface area contributed by atoms with Gasteiger partial charge in [-0.25, -0.2) is 9.29 Å². The molecule has 1 aromatic carbocycles. The molecule has 0 spiro atoms. The number of unbranched alkanes of at least 4 members (excludes halogenated alkanes) is 1. The van der Waals surface area contributed by atoms with Crippen molar-refractivity contribution >= 4 is 29.0 Å². The lowest BCUT2D eigenvalue weighted by Crippen LogP contribution is -2.55. The Kier molecular flexibility index (Phi) is 11.1. The maximum absolute atomic E-state index is 13.0. The van der Waals surface area contributed by atoms with Crippen LogP contribution in [0.5, 0.6) is 5.75 Å². The highest BCUT2D eigenvalue weighted by molar-refractivity contribution is 7.97. The summed E-state index contributed by atoms with van der Waals surface area (Å²) in [6, 6.07) is 6.16. The molecular weight excluding hydrogens is 566 g/mol. The van der Waals surface area contributed by atoms with Gasteiger partial charge in [-0.1, -0.05) is 13.3 Å². The number of aromatic amines is 1. The van der Waals surface area contributed by atoms with E-state index in [1.54, 1.807) is 23.7 Å². The zero-order chi connectivity index (χ0) is 30.1. The Morgan fingerprint density at radius 2 is 2.07 bits per heavy atom. The van der Waals surface area contributed by atoms with Gasteiger partial charge in [0.2, 0.25) is 0 Å². The van der Waals surface area contributed by atoms with Crippen LogP contribution in [0.4, 0.5) is 0 Å². The highest BCUT2D eigenvalue weighted by Crippen LogP contribution is 2.35. The van der Waals surface area contributed by atoms with E-state index in [0.29, 0.717) is 48.6 Å². The van der Waals surface area contributed by atoms with Crippen molar-refractivity contribution in [2.45, 2.75) is 56.9 Å². The van der Waals surface area contributed by atoms with Gasteiger partial charge in [0.25, 0.3) is 10.6 Å². The number of fused-ring (bicyclic) bond motifs is 1. The van der Waals surface area contributed by atoms with Crippen molar-refractivity contribution < 1.29 is 24.2 Å². The lowest BCUT2D eigenvalue weighted by atomic mass is 10.1. The van der Waals surface area contributed by atoms with Crippen molar-refractivity contribution in [3.05, 3.63) is 44.4 Å². The Hall–Kier alpha value is -3.69. The smallest absolute Gasteiger partial charge is 0.305 e. The lowest BCUT2D eigenvalue weighted by molar-refractivity contribution is -0.757. The second kappa shape index (κ2) is 15.0. The number of hydrogen-bond donors (Lipinski definition) is 2. The zero-order valence-corrected chi connectivity index (χ0v) is 24.9. The number of aromatic nitrogens is 4. The van der Waals surface area contributed by atoms with Gasteiger partial charge in [0.15, 0.2) is 5.52 Å². The number of esters is 1. The normalized spacial score (nSPS) is 13.7. The van der Waals surface area contributed by atoms with Crippen LogP contribution in [0.3, 0.4) is 0 Å². The maximum Gasteiger partial charge on any atom is 0.305 e. The standard InChI is InChI=1S/C27H37N7O7S/c1-4-8-21-24-25(32(3)31-21)27(36)30-26(29-24)20-15-19(10-11-22(20)39-5-2)42-33-16-18(17-33)28-12-14-40-23(35)9-6-7-13-41-34(37)38/h10-11,15,18,28H,4-9,12-14,16-17H2,1-3H3,(H,29,30,36). The molecule has 3 aromatic rings. The van der Waals surface area contributed by atoms with Gasteiger partial charge in [0.05, 0.1) is 24.5 Å². The summed E-state index contributed by atoms with van der Waals surface area (Å²) in [6.07, 6.45) is 2.74. The molecule has 1 saturated heterocycles. The summed E-state index contributed by atoms with van der Waals surface area (Å²) in [5.41, 5.74) is 2.36. The number of H-pyrrole nitrogens is 1. The number of carbonyl (C=O) groups excluding carboxylic acids is 1. The van der Waals surface area contributed by atoms with Crippen molar-refractivity contribution in [1.29, 1.82) is 0 Å². The van der Waals surface area contributed by atoms with Crippen LogP contribution >= 0.6 is 11.9 Å². The van der Waals surface area contributed by atoms with E-state index in [4.69, 9.17) is 14.5 Å². The molecule has 228 valence electrons. The molecule has 0 aliphatic carbocycles. The third-order valence-corrected chi connectivity index (χ3v) is 7.63. The molecule has 1 fully saturated rings. The van der Waals surface area contributed by atoms with E-state index in [-0.39, 0.29) is 37.2 Å². The second-order valence-corrected chi connectivity index (χ2v) is 11.0. The van der Waals surface area contributed by atoms with Crippen LogP contribution in [-0.2, 0) is 27.8 Å². The van der Waals surface area contributed by atoms with Gasteiger partial charge in [-0.05, 0) is 56.3 Å². The van der Waals surface area contributed by atoms with E-state index in [1.165, 1.54) is 0 Å². The number of nitrogens with zero attached hydrogens (tertiary/aromatic N) is 5. The summed E-state index contributed by atoms with van der Waals surface area (Å²) in [5.74, 6) is 0.773. The SMILES string of the molecule is CCCc1nn(C)c2c(=O)[nH]c(-c3cc(SN4CC(NCCOC(=O)CCCCO[N+](=O)[O-])C4)ccc3OCC)nc12. The first-order valence-corrected chi connectivity index (χ1v) is 14.9. The number of hydrogen-bond acceptors (Lipinski definition) is 12. The molecule has 14 nitrogen and oxygen atoms in total. The fraction of sp³-hybridized carbons (Fsp3) is 0.556. The van der Waals surface area contributed by atoms with Crippen molar-refractivity contribution in [3.8, 4) is 17.1 Å². The van der Waals surface area contributed by atoms with Gasteiger partial charge in [0, 0.05) is 44.0 Å². The van der Waals surface area contributed by atoms with Crippen LogP contribution in [0.15, 0.2) is 27.9 Å². The van der Waals surface area contributed by atoms with E-state index in [9.17, 15) is 19.7 Å². The Morgan fingerprint density at radius 3 is 2.81 bits per heavy atom. The Labute approximate surface area is 247 Å². The van der Waals surface area contributed by atoms with Crippen molar-refractivity contribution in [3.63, 3.8) is 0 Å². The van der Waals surface area contributed by atoms with Gasteiger partial charge >= 0.3 is 5.97 Å². The first-order valence-electron chi connectivity index (χ1n) is 14.1. The largest absolute Gasteiger partial charge is 0.493 e. The predicted molar refractivity (Wildman–Crippen MR) is 157 cm³/mol. The molecule has 1 aliphatic heterocycles. The number of carbonyl (C=O) groups is 1. The minimum absolute atomic E-state index is 0.0204. The first kappa shape index (κ1) is 31.3. The van der Waals surface area contributed by atoms with Crippen molar-refractivity contribution in [2.75, 3.05) is 39.5 Å². The third kappa shape index (κ3) is 8.20. The van der Waals surface area contributed by atoms with Crippen LogP contribution < -0.4 is 15.6 Å². The maximum atomic E-state index is 13.0. The summed E-state index contributed by atoms with van der Waals surface area (Å²) in [5, 5.41) is 17.2. The molecule has 0 amide bonds. The Balaban J connectivity index is 1.29. The summed E-state index contributed by atoms with van der Waals surface area (Å²) in [7, 11) is 1.76. The number of aryl methyl sites for hydroxylation is 2. The van der Waals surface area contributed by atoms with Gasteiger partial charge in [-0.15, -0.1) is 10.1 Å². The monoisotopic (exact) mass is 603 g/mol. The molecule has 0 unspecified atom stereocenters. The molecule has 0 radical (unpaired) electrons. The molecule has 0 bridgehead atoms. The minimum atomic E-state index is -0.840. The fourth-order valence-electron chi connectivity index (χ4n) is 4.61. The predicted octanol–water partition coefficient (Wildman–Crippen LogP) is 2.88. The number of ether oxygens (including phenoxy) is 2. The van der Waals surface area contributed by atoms with Gasteiger partial charge in [0.1, 0.15) is 23.7 Å². The molecule has 42 heavy (non-hydrogen) atoms. The van der Waals surface area contributed by atoms with Crippen LogP contribution in [0.1, 0.15) is 45.2 Å². The van der Waals surface area contributed by atoms with Crippen molar-refractivity contribution in [1.82, 2.24) is 29.4 Å². The average Bonchev–Trinajstić information content (AvgIpc) is 3.25. The molecule has 15 heteroatoms. The quantitative estimate of drug-likeness (QED) is 0.0762. The summed E-state index contributed by atoms with van der Waals surface area (Å²) in [6.45, 7) is 6.88. The highest BCUT2D eigenvalue weighted by atomic mass is 32.2. The molecule has 2 N–H and O–H groups in total. The summed E-state index contributed by atoms with van der Waals surface area (Å²) < 4.78 is 14.9. The van der Waals surface area contributed by atoms with Crippen molar-refractivity contribution in [2.24, 2.45) is 7.05 Å². The topological polar surface area (TPSA) is 167 Å². The number of benzene rings is 1. The van der Waals surface area contributed by atoms with E-state index in [0.717, 1.165) is 42.1 Å². The van der Waals surface area contributed by atoms with E-state index >= 15 is 0 Å². The van der Waals surface area contributed by atoms with Crippen LogP contribution in [0.25, 0.3) is 22.4 Å². The Bertz CT molecular complexity index is 1440. The number of rotatable bonds is 17. The average molecular weight is 604 g/mol. The van der Waals surface area contributed by atoms with Crippen LogP contribution in [0.2, 0.25) is 0 Å². The first-order chi connectivity index (χ1) is 20.3. The lowest BCUT2D eigenvalue weighted by Gasteiger charge is -2.38. The van der Waals surface area contributed by atoms with E-state index < -0.39 is 5.09 Å². The summed E-state index contributed by atoms with van der Waals surface area (Å²) >= 11 is 1.62. The molecular formula is C27H37N7O7S. The second-order valence-electron chi connectivity index (χ2n) is 9.85. The summed E-state index contributed by atoms with van der Waals surface area (Å²) in [4.78, 5) is 47.8. The zero-order valence-electron chi connectivity index (χ0n) is 24.1. The Morgan fingerprint density at radius 1 is 1.26 bits per heavy atom. The third-order valence-electron chi connectivity index (χ3n) is 6.61. The highest BCUT2D eigenvalue weighted by Gasteiger charge is 2.27. The molecule has 2 aromatic heterocycles.